The van der Waals surface area contributed by atoms with Crippen molar-refractivity contribution in [2.45, 2.75) is 18.9 Å². The van der Waals surface area contributed by atoms with Crippen LogP contribution < -0.4 is 10.6 Å². The van der Waals surface area contributed by atoms with Gasteiger partial charge in [-0.1, -0.05) is 0 Å². The monoisotopic (exact) mass is 276 g/mol. The lowest BCUT2D eigenvalue weighted by molar-refractivity contribution is 0.0159. The summed E-state index contributed by atoms with van der Waals surface area (Å²) in [6, 6.07) is 4.02. The van der Waals surface area contributed by atoms with E-state index in [2.05, 4.69) is 21.2 Å². The van der Waals surface area contributed by atoms with E-state index < -0.39 is 0 Å². The average Bonchev–Trinajstić information content (AvgIpc) is 2.92. The largest absolute Gasteiger partial charge is 0.397 e. The van der Waals surface area contributed by atoms with Crippen molar-refractivity contribution in [3.05, 3.63) is 18.3 Å². The van der Waals surface area contributed by atoms with Crippen LogP contribution in [0.1, 0.15) is 12.8 Å². The van der Waals surface area contributed by atoms with Gasteiger partial charge in [0.05, 0.1) is 42.4 Å². The number of hydrogen-bond acceptors (Lipinski definition) is 5. The molecule has 4 N–H and O–H groups in total. The number of nitrogens with one attached hydrogen (secondary N) is 1. The van der Waals surface area contributed by atoms with Gasteiger partial charge in [-0.05, 0) is 25.0 Å². The van der Waals surface area contributed by atoms with E-state index in [9.17, 15) is 0 Å². The normalized spacial score (nSPS) is 16.9. The lowest BCUT2D eigenvalue weighted by atomic mass is 10.1. The van der Waals surface area contributed by atoms with Crippen LogP contribution in [-0.2, 0) is 4.74 Å². The Balaban J connectivity index is 1.71. The fourth-order valence-electron chi connectivity index (χ4n) is 2.75. The Morgan fingerprint density at radius 3 is 2.95 bits per heavy atom. The van der Waals surface area contributed by atoms with E-state index in [1.54, 1.807) is 6.20 Å². The predicted molar refractivity (Wildman–Crippen MR) is 78.8 cm³/mol. The summed E-state index contributed by atoms with van der Waals surface area (Å²) in [5.74, 6) is 0. The number of nitrogens with zero attached hydrogens (tertiary/aromatic N) is 2. The Kier molecular flexibility index (Phi) is 3.75. The van der Waals surface area contributed by atoms with Crippen LogP contribution in [0.5, 0.6) is 0 Å². The van der Waals surface area contributed by atoms with E-state index in [0.717, 1.165) is 48.2 Å². The van der Waals surface area contributed by atoms with Gasteiger partial charge in [0.25, 0.3) is 0 Å². The van der Waals surface area contributed by atoms with Gasteiger partial charge in [-0.15, -0.1) is 0 Å². The number of nitrogen functional groups attached to an aromatic ring is 1. The molecule has 6 nitrogen and oxygen atoms in total. The summed E-state index contributed by atoms with van der Waals surface area (Å²) in [5.41, 5.74) is 8.99. The molecule has 1 saturated heterocycles. The SMILES string of the molecule is Nc1cc2cn[nH]c2cc1N1CCC(OCCO)CC1. The summed E-state index contributed by atoms with van der Waals surface area (Å²) in [5, 5.41) is 16.8. The van der Waals surface area contributed by atoms with Crippen molar-refractivity contribution >= 4 is 22.3 Å². The number of aliphatic hydroxyl groups is 1. The first kappa shape index (κ1) is 13.2. The van der Waals surface area contributed by atoms with Gasteiger partial charge in [-0.3, -0.25) is 5.10 Å². The van der Waals surface area contributed by atoms with E-state index >= 15 is 0 Å². The molecule has 1 aromatic carbocycles. The zero-order valence-electron chi connectivity index (χ0n) is 11.4. The highest BCUT2D eigenvalue weighted by Gasteiger charge is 2.21. The molecule has 0 atom stereocenters. The predicted octanol–water partition coefficient (Wildman–Crippen LogP) is 1.12. The van der Waals surface area contributed by atoms with Crippen molar-refractivity contribution in [1.29, 1.82) is 0 Å². The lowest BCUT2D eigenvalue weighted by Gasteiger charge is -2.34. The van der Waals surface area contributed by atoms with Crippen molar-refractivity contribution < 1.29 is 9.84 Å². The molecule has 1 aromatic heterocycles. The summed E-state index contributed by atoms with van der Waals surface area (Å²) in [7, 11) is 0. The fourth-order valence-corrected chi connectivity index (χ4v) is 2.75. The molecule has 0 radical (unpaired) electrons. The van der Waals surface area contributed by atoms with Gasteiger partial charge >= 0.3 is 0 Å². The molecule has 20 heavy (non-hydrogen) atoms. The molecule has 0 saturated carbocycles. The number of aliphatic hydroxyl groups excluding tert-OH is 1. The fraction of sp³-hybridized carbons (Fsp3) is 0.500. The van der Waals surface area contributed by atoms with E-state index in [1.165, 1.54) is 0 Å². The Bertz CT molecular complexity index is 576. The number of aromatic amines is 1. The highest BCUT2D eigenvalue weighted by molar-refractivity contribution is 5.88. The number of piperidine rings is 1. The molecule has 0 spiro atoms. The first-order valence-corrected chi connectivity index (χ1v) is 6.98. The Hall–Kier alpha value is -1.79. The number of nitrogens with two attached hydrogens (primary N) is 1. The summed E-state index contributed by atoms with van der Waals surface area (Å²) in [6.07, 6.45) is 3.95. The first-order valence-electron chi connectivity index (χ1n) is 6.98. The zero-order valence-corrected chi connectivity index (χ0v) is 11.4. The van der Waals surface area contributed by atoms with Crippen LogP contribution in [-0.4, -0.2) is 47.7 Å². The molecule has 6 heteroatoms. The van der Waals surface area contributed by atoms with Crippen molar-refractivity contribution in [3.63, 3.8) is 0 Å². The molecule has 1 fully saturated rings. The molecule has 0 bridgehead atoms. The molecule has 0 unspecified atom stereocenters. The molecule has 3 rings (SSSR count). The molecule has 2 heterocycles. The van der Waals surface area contributed by atoms with Gasteiger partial charge < -0.3 is 20.5 Å². The van der Waals surface area contributed by atoms with Crippen molar-refractivity contribution in [2.75, 3.05) is 36.9 Å². The summed E-state index contributed by atoms with van der Waals surface area (Å²) in [6.45, 7) is 2.34. The second-order valence-corrected chi connectivity index (χ2v) is 5.15. The quantitative estimate of drug-likeness (QED) is 0.728. The zero-order chi connectivity index (χ0) is 13.9. The molecule has 1 aliphatic heterocycles. The highest BCUT2D eigenvalue weighted by Crippen LogP contribution is 2.30. The standard InChI is InChI=1S/C14H20N4O2/c15-12-7-10-9-16-17-13(10)8-14(12)18-3-1-11(2-4-18)20-6-5-19/h7-9,11,19H,1-6,15H2,(H,16,17). The van der Waals surface area contributed by atoms with Crippen LogP contribution in [0, 0.1) is 0 Å². The number of H-pyrrole nitrogens is 1. The number of benzene rings is 1. The highest BCUT2D eigenvalue weighted by atomic mass is 16.5. The average molecular weight is 276 g/mol. The van der Waals surface area contributed by atoms with Crippen LogP contribution in [0.15, 0.2) is 18.3 Å². The van der Waals surface area contributed by atoms with Crippen molar-refractivity contribution in [3.8, 4) is 0 Å². The summed E-state index contributed by atoms with van der Waals surface area (Å²) < 4.78 is 5.58. The lowest BCUT2D eigenvalue weighted by Crippen LogP contribution is -2.37. The topological polar surface area (TPSA) is 87.4 Å². The molecular weight excluding hydrogens is 256 g/mol. The van der Waals surface area contributed by atoms with Gasteiger partial charge in [-0.25, -0.2) is 0 Å². The van der Waals surface area contributed by atoms with Gasteiger partial charge in [0.1, 0.15) is 0 Å². The number of ether oxygens (including phenoxy) is 1. The molecule has 2 aromatic rings. The number of fused-ring (bicyclic) bond motifs is 1. The third-order valence-corrected chi connectivity index (χ3v) is 3.81. The van der Waals surface area contributed by atoms with Crippen LogP contribution >= 0.6 is 0 Å². The second-order valence-electron chi connectivity index (χ2n) is 5.15. The smallest absolute Gasteiger partial charge is 0.0701 e. The second kappa shape index (κ2) is 5.68. The minimum atomic E-state index is 0.0870. The van der Waals surface area contributed by atoms with Crippen LogP contribution in [0.2, 0.25) is 0 Å². The van der Waals surface area contributed by atoms with Crippen molar-refractivity contribution in [1.82, 2.24) is 10.2 Å². The first-order chi connectivity index (χ1) is 9.78. The number of anilines is 2. The van der Waals surface area contributed by atoms with E-state index in [0.29, 0.717) is 6.61 Å². The molecular formula is C14H20N4O2. The van der Waals surface area contributed by atoms with E-state index in [-0.39, 0.29) is 12.7 Å². The van der Waals surface area contributed by atoms with E-state index in [4.69, 9.17) is 15.6 Å². The minimum Gasteiger partial charge on any atom is -0.397 e. The van der Waals surface area contributed by atoms with Gasteiger partial charge in [0, 0.05) is 18.5 Å². The molecule has 108 valence electrons. The maximum Gasteiger partial charge on any atom is 0.0701 e. The van der Waals surface area contributed by atoms with Gasteiger partial charge in [0.15, 0.2) is 0 Å². The summed E-state index contributed by atoms with van der Waals surface area (Å²) >= 11 is 0. The minimum absolute atomic E-state index is 0.0870. The van der Waals surface area contributed by atoms with Crippen LogP contribution in [0.25, 0.3) is 10.9 Å². The maximum atomic E-state index is 8.78. The summed E-state index contributed by atoms with van der Waals surface area (Å²) in [4.78, 5) is 2.29. The number of rotatable bonds is 4. The molecule has 0 aliphatic carbocycles. The third kappa shape index (κ3) is 2.57. The Morgan fingerprint density at radius 1 is 1.40 bits per heavy atom. The number of aromatic nitrogens is 2. The molecule has 1 aliphatic rings. The van der Waals surface area contributed by atoms with Crippen LogP contribution in [0.3, 0.4) is 0 Å². The Morgan fingerprint density at radius 2 is 2.20 bits per heavy atom. The number of hydrogen-bond donors (Lipinski definition) is 3. The van der Waals surface area contributed by atoms with Crippen molar-refractivity contribution in [2.24, 2.45) is 0 Å². The third-order valence-electron chi connectivity index (χ3n) is 3.81. The Labute approximate surface area is 117 Å². The van der Waals surface area contributed by atoms with Gasteiger partial charge in [0.2, 0.25) is 0 Å². The molecule has 0 amide bonds. The maximum absolute atomic E-state index is 8.78. The van der Waals surface area contributed by atoms with E-state index in [1.807, 2.05) is 6.07 Å². The van der Waals surface area contributed by atoms with Crippen LogP contribution in [0.4, 0.5) is 11.4 Å². The van der Waals surface area contributed by atoms with Gasteiger partial charge in [-0.2, -0.15) is 5.10 Å².